The minimum Gasteiger partial charge on any atom is -0.397 e. The monoisotopic (exact) mass is 328 g/mol. The first-order chi connectivity index (χ1) is 10.5. The number of phosphoric acid groups is 1. The number of nitrogen functional groups attached to an aromatic ring is 1. The Morgan fingerprint density at radius 2 is 2.27 bits per heavy atom. The van der Waals surface area contributed by atoms with Crippen molar-refractivity contribution in [2.75, 3.05) is 12.3 Å². The zero-order valence-corrected chi connectivity index (χ0v) is 12.0. The smallest absolute Gasteiger partial charge is 0.397 e. The molecule has 3 heterocycles. The minimum absolute atomic E-state index is 0.152. The fraction of sp³-hybridized carbons (Fsp3) is 0.455. The normalized spacial score (nSPS) is 38.3. The van der Waals surface area contributed by atoms with E-state index in [1.54, 1.807) is 18.2 Å². The van der Waals surface area contributed by atoms with Crippen LogP contribution in [0.5, 0.6) is 0 Å². The number of hydrogen-bond acceptors (Lipinski definition) is 8. The first-order valence-electron chi connectivity index (χ1n) is 6.55. The summed E-state index contributed by atoms with van der Waals surface area (Å²) in [4.78, 5) is 9.36. The molecule has 0 aliphatic carbocycles. The van der Waals surface area contributed by atoms with Gasteiger partial charge >= 0.3 is 7.82 Å². The summed E-state index contributed by atoms with van der Waals surface area (Å²) in [6, 6.07) is 5.15. The van der Waals surface area contributed by atoms with Crippen LogP contribution in [0.4, 0.5) is 5.69 Å². The number of aliphatic hydroxyl groups is 1. The highest BCUT2D eigenvalue weighted by molar-refractivity contribution is 7.47. The van der Waals surface area contributed by atoms with Crippen LogP contribution in [0.1, 0.15) is 6.23 Å². The number of nitrogens with two attached hydrogens (primary N) is 1. The molecule has 1 aromatic carbocycles. The predicted octanol–water partition coefficient (Wildman–Crippen LogP) is -0.212. The molecule has 1 unspecified atom stereocenters. The summed E-state index contributed by atoms with van der Waals surface area (Å²) >= 11 is 0. The second-order valence-corrected chi connectivity index (χ2v) is 6.55. The van der Waals surface area contributed by atoms with E-state index in [4.69, 9.17) is 15.0 Å². The Morgan fingerprint density at radius 3 is 3.09 bits per heavy atom. The number of aromatic nitrogens is 3. The SMILES string of the molecule is Nc1cccc2c1nnn2[C@@H]1O[C@@H]2COP(=O)(O)O[C@H]2[C@H]1O. The summed E-state index contributed by atoms with van der Waals surface area (Å²) in [5, 5.41) is 18.3. The van der Waals surface area contributed by atoms with Crippen LogP contribution < -0.4 is 5.73 Å². The maximum absolute atomic E-state index is 11.5. The minimum atomic E-state index is -4.16. The number of hydrogen-bond donors (Lipinski definition) is 3. The van der Waals surface area contributed by atoms with E-state index in [9.17, 15) is 14.6 Å². The number of nitrogens with zero attached hydrogens (tertiary/aromatic N) is 3. The Balaban J connectivity index is 1.71. The molecule has 10 nitrogen and oxygen atoms in total. The van der Waals surface area contributed by atoms with Crippen LogP contribution >= 0.6 is 7.82 Å². The van der Waals surface area contributed by atoms with E-state index in [2.05, 4.69) is 14.8 Å². The van der Waals surface area contributed by atoms with Crippen molar-refractivity contribution >= 4 is 24.5 Å². The van der Waals surface area contributed by atoms with E-state index in [0.717, 1.165) is 0 Å². The third-order valence-corrected chi connectivity index (χ3v) is 4.73. The Morgan fingerprint density at radius 1 is 1.45 bits per heavy atom. The van der Waals surface area contributed by atoms with Gasteiger partial charge in [0.1, 0.15) is 23.8 Å². The van der Waals surface area contributed by atoms with Gasteiger partial charge in [0.15, 0.2) is 6.23 Å². The van der Waals surface area contributed by atoms with Crippen LogP contribution in [0.2, 0.25) is 0 Å². The maximum atomic E-state index is 11.5. The number of rotatable bonds is 1. The molecule has 22 heavy (non-hydrogen) atoms. The molecule has 0 bridgehead atoms. The fourth-order valence-electron chi connectivity index (χ4n) is 2.71. The van der Waals surface area contributed by atoms with Crippen LogP contribution in [0, 0.1) is 0 Å². The first kappa shape index (κ1) is 14.1. The Labute approximate surface area is 124 Å². The van der Waals surface area contributed by atoms with Crippen LogP contribution in [0.25, 0.3) is 11.0 Å². The number of phosphoric ester groups is 1. The standard InChI is InChI=1S/C11H13N4O6P/c12-5-2-1-3-6-8(5)13-14-15(6)11-9(16)10-7(20-11)4-19-22(17,18)21-10/h1-3,7,9-11,16H,4,12H2,(H,17,18)/t7-,9-,10-,11-/m1/s1. The van der Waals surface area contributed by atoms with Crippen LogP contribution in [0.3, 0.4) is 0 Å². The Kier molecular flexibility index (Phi) is 3.02. The van der Waals surface area contributed by atoms with E-state index < -0.39 is 32.4 Å². The number of benzene rings is 1. The van der Waals surface area contributed by atoms with Gasteiger partial charge in [-0.15, -0.1) is 5.10 Å². The van der Waals surface area contributed by atoms with Crippen molar-refractivity contribution in [2.24, 2.45) is 0 Å². The molecular formula is C11H13N4O6P. The fourth-order valence-corrected chi connectivity index (χ4v) is 3.67. The third-order valence-electron chi connectivity index (χ3n) is 3.74. The molecule has 0 amide bonds. The number of anilines is 1. The van der Waals surface area contributed by atoms with Crippen LogP contribution in [-0.2, 0) is 18.3 Å². The van der Waals surface area contributed by atoms with Gasteiger partial charge in [-0.3, -0.25) is 9.05 Å². The van der Waals surface area contributed by atoms with E-state index in [1.807, 2.05) is 0 Å². The molecule has 0 spiro atoms. The lowest BCUT2D eigenvalue weighted by Gasteiger charge is -2.27. The first-order valence-corrected chi connectivity index (χ1v) is 8.04. The lowest BCUT2D eigenvalue weighted by atomic mass is 10.1. The summed E-state index contributed by atoms with van der Waals surface area (Å²) < 4.78 is 28.1. The van der Waals surface area contributed by atoms with Crippen molar-refractivity contribution < 1.29 is 28.3 Å². The second-order valence-electron chi connectivity index (χ2n) is 5.14. The predicted molar refractivity (Wildman–Crippen MR) is 72.5 cm³/mol. The van der Waals surface area contributed by atoms with Crippen LogP contribution in [0.15, 0.2) is 18.2 Å². The summed E-state index contributed by atoms with van der Waals surface area (Å²) in [6.45, 7) is -0.152. The highest BCUT2D eigenvalue weighted by Crippen LogP contribution is 2.52. The van der Waals surface area contributed by atoms with E-state index in [0.29, 0.717) is 16.7 Å². The molecule has 2 aliphatic rings. The third kappa shape index (κ3) is 2.04. The van der Waals surface area contributed by atoms with Gasteiger partial charge in [-0.25, -0.2) is 9.25 Å². The zero-order valence-electron chi connectivity index (χ0n) is 11.1. The molecule has 4 N–H and O–H groups in total. The van der Waals surface area contributed by atoms with Crippen molar-refractivity contribution in [1.29, 1.82) is 0 Å². The van der Waals surface area contributed by atoms with Gasteiger partial charge in [-0.2, -0.15) is 0 Å². The molecule has 2 aliphatic heterocycles. The lowest BCUT2D eigenvalue weighted by Crippen LogP contribution is -2.39. The average molecular weight is 328 g/mol. The summed E-state index contributed by atoms with van der Waals surface area (Å²) in [5.41, 5.74) is 7.34. The van der Waals surface area contributed by atoms with Gasteiger partial charge in [0.05, 0.1) is 17.8 Å². The van der Waals surface area contributed by atoms with Crippen molar-refractivity contribution in [1.82, 2.24) is 15.0 Å². The Bertz CT molecular complexity index is 781. The van der Waals surface area contributed by atoms with E-state index in [1.165, 1.54) is 4.68 Å². The molecule has 118 valence electrons. The number of ether oxygens (including phenoxy) is 1. The van der Waals surface area contributed by atoms with Gasteiger partial charge in [0.2, 0.25) is 0 Å². The molecule has 5 atom stereocenters. The van der Waals surface area contributed by atoms with Gasteiger partial charge in [-0.05, 0) is 12.1 Å². The van der Waals surface area contributed by atoms with Gasteiger partial charge in [0.25, 0.3) is 0 Å². The number of fused-ring (bicyclic) bond motifs is 2. The molecule has 4 rings (SSSR count). The van der Waals surface area contributed by atoms with Crippen LogP contribution in [-0.4, -0.2) is 49.9 Å². The molecule has 2 saturated heterocycles. The molecule has 11 heteroatoms. The van der Waals surface area contributed by atoms with Gasteiger partial charge < -0.3 is 20.5 Å². The topological polar surface area (TPSA) is 142 Å². The second kappa shape index (κ2) is 4.72. The molecule has 2 fully saturated rings. The number of aliphatic hydroxyl groups excluding tert-OH is 1. The van der Waals surface area contributed by atoms with Gasteiger partial charge in [0, 0.05) is 0 Å². The van der Waals surface area contributed by atoms with Crippen molar-refractivity contribution in [3.05, 3.63) is 18.2 Å². The molecule has 2 aromatic rings. The summed E-state index contributed by atoms with van der Waals surface area (Å²) in [5.74, 6) is 0. The zero-order chi connectivity index (χ0) is 15.5. The van der Waals surface area contributed by atoms with Crippen molar-refractivity contribution in [3.63, 3.8) is 0 Å². The van der Waals surface area contributed by atoms with Gasteiger partial charge in [-0.1, -0.05) is 11.3 Å². The van der Waals surface area contributed by atoms with Crippen molar-refractivity contribution in [3.8, 4) is 0 Å². The van der Waals surface area contributed by atoms with Crippen molar-refractivity contribution in [2.45, 2.75) is 24.5 Å². The molecule has 0 saturated carbocycles. The highest BCUT2D eigenvalue weighted by atomic mass is 31.2. The largest absolute Gasteiger partial charge is 0.472 e. The average Bonchev–Trinajstić information content (AvgIpc) is 3.01. The molecule has 0 radical (unpaired) electrons. The van der Waals surface area contributed by atoms with E-state index in [-0.39, 0.29) is 6.61 Å². The Hall–Kier alpha value is -1.55. The maximum Gasteiger partial charge on any atom is 0.472 e. The molecule has 1 aromatic heterocycles. The molecular weight excluding hydrogens is 315 g/mol. The summed E-state index contributed by atoms with van der Waals surface area (Å²) in [6.07, 6.45) is -3.76. The summed E-state index contributed by atoms with van der Waals surface area (Å²) in [7, 11) is -4.16. The highest BCUT2D eigenvalue weighted by Gasteiger charge is 2.53. The lowest BCUT2D eigenvalue weighted by molar-refractivity contribution is -0.0698. The van der Waals surface area contributed by atoms with E-state index >= 15 is 0 Å². The quantitative estimate of drug-likeness (QED) is 0.478.